The Balaban J connectivity index is 2.00. The third-order valence-electron chi connectivity index (χ3n) is 3.42. The standard InChI is InChI=1S/C20H25NO3/c1-14(2)16-9-5-7-11-18(16)23-13-20(22)21-17-10-6-8-12-19(17)24-15(3)4/h5-12,14-15H,13H2,1-4H3,(H,21,22). The van der Waals surface area contributed by atoms with Crippen LogP contribution in [0.3, 0.4) is 0 Å². The number of amides is 1. The van der Waals surface area contributed by atoms with Gasteiger partial charge in [-0.1, -0.05) is 44.2 Å². The highest BCUT2D eigenvalue weighted by Gasteiger charge is 2.11. The molecule has 0 aliphatic carbocycles. The summed E-state index contributed by atoms with van der Waals surface area (Å²) in [6.07, 6.45) is 0.0391. The van der Waals surface area contributed by atoms with Gasteiger partial charge in [-0.05, 0) is 43.5 Å². The average molecular weight is 327 g/mol. The van der Waals surface area contributed by atoms with Gasteiger partial charge in [-0.2, -0.15) is 0 Å². The number of nitrogens with one attached hydrogen (secondary N) is 1. The second-order valence-electron chi connectivity index (χ2n) is 6.19. The van der Waals surface area contributed by atoms with Crippen LogP contribution in [0.5, 0.6) is 11.5 Å². The molecule has 1 amide bonds. The molecular weight excluding hydrogens is 302 g/mol. The fourth-order valence-corrected chi connectivity index (χ4v) is 2.35. The topological polar surface area (TPSA) is 47.6 Å². The number of anilines is 1. The summed E-state index contributed by atoms with van der Waals surface area (Å²) >= 11 is 0. The molecule has 24 heavy (non-hydrogen) atoms. The van der Waals surface area contributed by atoms with Gasteiger partial charge in [-0.25, -0.2) is 0 Å². The lowest BCUT2D eigenvalue weighted by Crippen LogP contribution is -2.21. The van der Waals surface area contributed by atoms with E-state index in [9.17, 15) is 4.79 Å². The normalized spacial score (nSPS) is 10.8. The molecule has 2 rings (SSSR count). The van der Waals surface area contributed by atoms with Crippen molar-refractivity contribution in [2.45, 2.75) is 39.7 Å². The number of carbonyl (C=O) groups is 1. The molecule has 0 atom stereocenters. The first-order valence-electron chi connectivity index (χ1n) is 8.24. The highest BCUT2D eigenvalue weighted by molar-refractivity contribution is 5.93. The Hall–Kier alpha value is -2.49. The summed E-state index contributed by atoms with van der Waals surface area (Å²) in [5.41, 5.74) is 1.74. The molecule has 0 spiro atoms. The van der Waals surface area contributed by atoms with Crippen molar-refractivity contribution >= 4 is 11.6 Å². The summed E-state index contributed by atoms with van der Waals surface area (Å²) in [4.78, 5) is 12.2. The number of para-hydroxylation sites is 3. The Morgan fingerprint density at radius 3 is 2.25 bits per heavy atom. The van der Waals surface area contributed by atoms with Crippen LogP contribution in [0.4, 0.5) is 5.69 Å². The average Bonchev–Trinajstić information content (AvgIpc) is 2.54. The van der Waals surface area contributed by atoms with Gasteiger partial charge in [-0.15, -0.1) is 0 Å². The van der Waals surface area contributed by atoms with Gasteiger partial charge in [0.25, 0.3) is 5.91 Å². The van der Waals surface area contributed by atoms with Crippen LogP contribution in [0.15, 0.2) is 48.5 Å². The van der Waals surface area contributed by atoms with E-state index in [2.05, 4.69) is 19.2 Å². The van der Waals surface area contributed by atoms with Gasteiger partial charge in [0.1, 0.15) is 11.5 Å². The largest absolute Gasteiger partial charge is 0.489 e. The summed E-state index contributed by atoms with van der Waals surface area (Å²) < 4.78 is 11.4. The number of ether oxygens (including phenoxy) is 2. The number of hydrogen-bond acceptors (Lipinski definition) is 3. The van der Waals surface area contributed by atoms with Crippen molar-refractivity contribution in [1.82, 2.24) is 0 Å². The maximum atomic E-state index is 12.2. The lowest BCUT2D eigenvalue weighted by atomic mass is 10.0. The SMILES string of the molecule is CC(C)Oc1ccccc1NC(=O)COc1ccccc1C(C)C. The van der Waals surface area contributed by atoms with E-state index in [4.69, 9.17) is 9.47 Å². The second kappa shape index (κ2) is 8.39. The van der Waals surface area contributed by atoms with Gasteiger partial charge in [0.2, 0.25) is 0 Å². The van der Waals surface area contributed by atoms with Crippen LogP contribution < -0.4 is 14.8 Å². The van der Waals surface area contributed by atoms with Crippen LogP contribution in [0.2, 0.25) is 0 Å². The predicted molar refractivity (Wildman–Crippen MR) is 96.9 cm³/mol. The molecule has 0 aliphatic heterocycles. The molecule has 128 valence electrons. The fraction of sp³-hybridized carbons (Fsp3) is 0.350. The summed E-state index contributed by atoms with van der Waals surface area (Å²) in [5, 5.41) is 2.85. The van der Waals surface area contributed by atoms with E-state index in [1.54, 1.807) is 0 Å². The van der Waals surface area contributed by atoms with E-state index in [1.807, 2.05) is 62.4 Å². The molecule has 2 aromatic rings. The molecule has 0 heterocycles. The van der Waals surface area contributed by atoms with E-state index in [-0.39, 0.29) is 18.6 Å². The second-order valence-corrected chi connectivity index (χ2v) is 6.19. The Kier molecular flexibility index (Phi) is 6.24. The predicted octanol–water partition coefficient (Wildman–Crippen LogP) is 4.61. The van der Waals surface area contributed by atoms with Gasteiger partial charge in [0.05, 0.1) is 11.8 Å². The molecular formula is C20H25NO3. The van der Waals surface area contributed by atoms with E-state index in [0.29, 0.717) is 17.4 Å². The Labute approximate surface area is 143 Å². The third-order valence-corrected chi connectivity index (χ3v) is 3.42. The first kappa shape index (κ1) is 17.9. The molecule has 0 unspecified atom stereocenters. The number of benzene rings is 2. The minimum atomic E-state index is -0.214. The van der Waals surface area contributed by atoms with Crippen LogP contribution in [-0.2, 0) is 4.79 Å². The Morgan fingerprint density at radius 1 is 0.958 bits per heavy atom. The summed E-state index contributed by atoms with van der Waals surface area (Å²) in [6, 6.07) is 15.2. The van der Waals surface area contributed by atoms with Gasteiger partial charge in [-0.3, -0.25) is 4.79 Å². The molecule has 0 saturated carbocycles. The highest BCUT2D eigenvalue weighted by Crippen LogP contribution is 2.27. The lowest BCUT2D eigenvalue weighted by Gasteiger charge is -2.16. The van der Waals surface area contributed by atoms with Crippen molar-refractivity contribution in [2.24, 2.45) is 0 Å². The molecule has 0 aromatic heterocycles. The highest BCUT2D eigenvalue weighted by atomic mass is 16.5. The van der Waals surface area contributed by atoms with Crippen molar-refractivity contribution in [3.05, 3.63) is 54.1 Å². The van der Waals surface area contributed by atoms with Crippen molar-refractivity contribution in [3.8, 4) is 11.5 Å². The van der Waals surface area contributed by atoms with Crippen LogP contribution >= 0.6 is 0 Å². The van der Waals surface area contributed by atoms with Crippen molar-refractivity contribution in [1.29, 1.82) is 0 Å². The van der Waals surface area contributed by atoms with Crippen molar-refractivity contribution in [3.63, 3.8) is 0 Å². The van der Waals surface area contributed by atoms with Crippen LogP contribution in [0.1, 0.15) is 39.2 Å². The zero-order valence-electron chi connectivity index (χ0n) is 14.7. The molecule has 4 nitrogen and oxygen atoms in total. The van der Waals surface area contributed by atoms with Gasteiger partial charge in [0, 0.05) is 0 Å². The Morgan fingerprint density at radius 2 is 1.58 bits per heavy atom. The summed E-state index contributed by atoms with van der Waals surface area (Å²) in [7, 11) is 0. The van der Waals surface area contributed by atoms with E-state index < -0.39 is 0 Å². The number of rotatable bonds is 7. The van der Waals surface area contributed by atoms with Crippen LogP contribution in [0.25, 0.3) is 0 Å². The number of carbonyl (C=O) groups excluding carboxylic acids is 1. The molecule has 0 saturated heterocycles. The van der Waals surface area contributed by atoms with E-state index in [1.165, 1.54) is 0 Å². The molecule has 4 heteroatoms. The zero-order chi connectivity index (χ0) is 17.5. The maximum Gasteiger partial charge on any atom is 0.262 e. The minimum Gasteiger partial charge on any atom is -0.489 e. The van der Waals surface area contributed by atoms with Gasteiger partial charge < -0.3 is 14.8 Å². The monoisotopic (exact) mass is 327 g/mol. The van der Waals surface area contributed by atoms with Crippen molar-refractivity contribution < 1.29 is 14.3 Å². The van der Waals surface area contributed by atoms with Gasteiger partial charge >= 0.3 is 0 Å². The number of hydrogen-bond donors (Lipinski definition) is 1. The molecule has 0 fully saturated rings. The van der Waals surface area contributed by atoms with Crippen LogP contribution in [0, 0.1) is 0 Å². The summed E-state index contributed by atoms with van der Waals surface area (Å²) in [5.74, 6) is 1.52. The quantitative estimate of drug-likeness (QED) is 0.807. The zero-order valence-corrected chi connectivity index (χ0v) is 14.7. The minimum absolute atomic E-state index is 0.0391. The summed E-state index contributed by atoms with van der Waals surface area (Å²) in [6.45, 7) is 8.05. The first-order valence-corrected chi connectivity index (χ1v) is 8.24. The molecule has 0 radical (unpaired) electrons. The van der Waals surface area contributed by atoms with Crippen molar-refractivity contribution in [2.75, 3.05) is 11.9 Å². The first-order chi connectivity index (χ1) is 11.5. The molecule has 1 N–H and O–H groups in total. The maximum absolute atomic E-state index is 12.2. The Bertz CT molecular complexity index is 680. The molecule has 0 aliphatic rings. The smallest absolute Gasteiger partial charge is 0.262 e. The van der Waals surface area contributed by atoms with Gasteiger partial charge in [0.15, 0.2) is 6.61 Å². The molecule has 0 bridgehead atoms. The fourth-order valence-electron chi connectivity index (χ4n) is 2.35. The van der Waals surface area contributed by atoms with E-state index in [0.717, 1.165) is 11.3 Å². The van der Waals surface area contributed by atoms with E-state index >= 15 is 0 Å². The van der Waals surface area contributed by atoms with Crippen LogP contribution in [-0.4, -0.2) is 18.6 Å². The third kappa shape index (κ3) is 5.01. The molecule has 2 aromatic carbocycles. The lowest BCUT2D eigenvalue weighted by molar-refractivity contribution is -0.118.